The highest BCUT2D eigenvalue weighted by atomic mass is 15.2. The first-order valence-corrected chi connectivity index (χ1v) is 6.36. The van der Waals surface area contributed by atoms with Gasteiger partial charge in [-0.25, -0.2) is 0 Å². The molecule has 1 nitrogen and oxygen atoms in total. The average molecular weight is 195 g/mol. The molecule has 1 aliphatic carbocycles. The van der Waals surface area contributed by atoms with Gasteiger partial charge in [0.15, 0.2) is 0 Å². The third-order valence-electron chi connectivity index (χ3n) is 4.45. The van der Waals surface area contributed by atoms with Gasteiger partial charge in [-0.2, -0.15) is 0 Å². The van der Waals surface area contributed by atoms with Crippen LogP contribution < -0.4 is 0 Å². The Hall–Kier alpha value is -0.0400. The lowest BCUT2D eigenvalue weighted by Crippen LogP contribution is -2.60. The lowest BCUT2D eigenvalue weighted by molar-refractivity contribution is -0.0607. The van der Waals surface area contributed by atoms with Crippen molar-refractivity contribution in [2.75, 3.05) is 13.1 Å². The van der Waals surface area contributed by atoms with Gasteiger partial charge in [0.2, 0.25) is 0 Å². The maximum absolute atomic E-state index is 2.62. The van der Waals surface area contributed by atoms with Crippen LogP contribution >= 0.6 is 0 Å². The monoisotopic (exact) mass is 195 g/mol. The summed E-state index contributed by atoms with van der Waals surface area (Å²) in [6.07, 6.45) is 7.47. The molecule has 2 rings (SSSR count). The molecule has 1 heterocycles. The van der Waals surface area contributed by atoms with E-state index in [0.717, 1.165) is 12.0 Å². The van der Waals surface area contributed by atoms with Crippen molar-refractivity contribution in [3.8, 4) is 0 Å². The summed E-state index contributed by atoms with van der Waals surface area (Å²) in [7, 11) is 0. The van der Waals surface area contributed by atoms with Crippen molar-refractivity contribution in [1.82, 2.24) is 4.90 Å². The average Bonchev–Trinajstić information content (AvgIpc) is 2.14. The van der Waals surface area contributed by atoms with Crippen LogP contribution in [0.25, 0.3) is 0 Å². The Balaban J connectivity index is 1.86. The minimum Gasteiger partial charge on any atom is -0.300 e. The minimum atomic E-state index is 0.671. The number of rotatable bonds is 2. The van der Waals surface area contributed by atoms with E-state index >= 15 is 0 Å². The summed E-state index contributed by atoms with van der Waals surface area (Å²) in [5.41, 5.74) is 0.671. The van der Waals surface area contributed by atoms with E-state index < -0.39 is 0 Å². The van der Waals surface area contributed by atoms with Gasteiger partial charge in [0, 0.05) is 19.1 Å². The van der Waals surface area contributed by atoms with Gasteiger partial charge in [-0.1, -0.05) is 26.2 Å². The Morgan fingerprint density at radius 1 is 1.07 bits per heavy atom. The van der Waals surface area contributed by atoms with E-state index in [4.69, 9.17) is 0 Å². The Bertz CT molecular complexity index is 185. The van der Waals surface area contributed by atoms with E-state index in [-0.39, 0.29) is 0 Å². The van der Waals surface area contributed by atoms with Crippen LogP contribution in [0.15, 0.2) is 0 Å². The van der Waals surface area contributed by atoms with Crippen molar-refractivity contribution in [3.63, 3.8) is 0 Å². The minimum absolute atomic E-state index is 0.671. The Morgan fingerprint density at radius 2 is 1.64 bits per heavy atom. The standard InChI is InChI=1S/C13H25N/c1-11(2)14-9-13(3,10-14)12-7-5-4-6-8-12/h11-12H,4-10H2,1-3H3. The molecule has 1 saturated carbocycles. The second-order valence-electron chi connectivity index (χ2n) is 5.99. The number of hydrogen-bond donors (Lipinski definition) is 0. The quantitative estimate of drug-likeness (QED) is 0.653. The van der Waals surface area contributed by atoms with Crippen LogP contribution in [0.4, 0.5) is 0 Å². The summed E-state index contributed by atoms with van der Waals surface area (Å²) >= 11 is 0. The number of likely N-dealkylation sites (tertiary alicyclic amines) is 1. The third-order valence-corrected chi connectivity index (χ3v) is 4.45. The molecule has 2 aliphatic rings. The van der Waals surface area contributed by atoms with E-state index in [0.29, 0.717) is 5.41 Å². The first kappa shape index (κ1) is 10.5. The Morgan fingerprint density at radius 3 is 2.14 bits per heavy atom. The van der Waals surface area contributed by atoms with Crippen molar-refractivity contribution < 1.29 is 0 Å². The van der Waals surface area contributed by atoms with Gasteiger partial charge < -0.3 is 0 Å². The molecule has 82 valence electrons. The molecule has 1 saturated heterocycles. The topological polar surface area (TPSA) is 3.24 Å². The highest BCUT2D eigenvalue weighted by Crippen LogP contribution is 2.45. The molecule has 0 unspecified atom stereocenters. The Kier molecular flexibility index (Phi) is 2.88. The molecule has 0 N–H and O–H groups in total. The predicted molar refractivity (Wildman–Crippen MR) is 61.4 cm³/mol. The van der Waals surface area contributed by atoms with Crippen LogP contribution in [0.1, 0.15) is 52.9 Å². The van der Waals surface area contributed by atoms with Crippen molar-refractivity contribution in [2.45, 2.75) is 58.9 Å². The van der Waals surface area contributed by atoms with Gasteiger partial charge in [-0.15, -0.1) is 0 Å². The molecule has 0 aromatic rings. The van der Waals surface area contributed by atoms with Crippen LogP contribution in [0.3, 0.4) is 0 Å². The van der Waals surface area contributed by atoms with Gasteiger partial charge in [-0.3, -0.25) is 4.90 Å². The maximum Gasteiger partial charge on any atom is 0.00532 e. The number of nitrogens with zero attached hydrogens (tertiary/aromatic N) is 1. The zero-order valence-corrected chi connectivity index (χ0v) is 10.1. The second-order valence-corrected chi connectivity index (χ2v) is 5.99. The van der Waals surface area contributed by atoms with Gasteiger partial charge in [0.25, 0.3) is 0 Å². The summed E-state index contributed by atoms with van der Waals surface area (Å²) in [4.78, 5) is 2.62. The summed E-state index contributed by atoms with van der Waals surface area (Å²) < 4.78 is 0. The first-order chi connectivity index (χ1) is 6.62. The van der Waals surface area contributed by atoms with Crippen LogP contribution in [-0.2, 0) is 0 Å². The fourth-order valence-electron chi connectivity index (χ4n) is 3.30. The van der Waals surface area contributed by atoms with Crippen LogP contribution in [-0.4, -0.2) is 24.0 Å². The highest BCUT2D eigenvalue weighted by Gasteiger charge is 2.45. The lowest BCUT2D eigenvalue weighted by Gasteiger charge is -2.55. The molecule has 0 amide bonds. The molecule has 0 aromatic carbocycles. The van der Waals surface area contributed by atoms with Crippen molar-refractivity contribution in [1.29, 1.82) is 0 Å². The molecule has 0 radical (unpaired) electrons. The van der Waals surface area contributed by atoms with E-state index in [1.807, 2.05) is 0 Å². The molecule has 1 aliphatic heterocycles. The number of hydrogen-bond acceptors (Lipinski definition) is 1. The largest absolute Gasteiger partial charge is 0.300 e. The summed E-state index contributed by atoms with van der Waals surface area (Å²) in [6.45, 7) is 9.87. The van der Waals surface area contributed by atoms with Gasteiger partial charge >= 0.3 is 0 Å². The van der Waals surface area contributed by atoms with Gasteiger partial charge in [0.05, 0.1) is 0 Å². The van der Waals surface area contributed by atoms with Crippen molar-refractivity contribution in [2.24, 2.45) is 11.3 Å². The van der Waals surface area contributed by atoms with E-state index in [2.05, 4.69) is 25.7 Å². The first-order valence-electron chi connectivity index (χ1n) is 6.36. The molecule has 0 atom stereocenters. The summed E-state index contributed by atoms with van der Waals surface area (Å²) in [5, 5.41) is 0. The van der Waals surface area contributed by atoms with Crippen LogP contribution in [0.2, 0.25) is 0 Å². The van der Waals surface area contributed by atoms with E-state index in [9.17, 15) is 0 Å². The normalized spacial score (nSPS) is 29.1. The molecular formula is C13H25N. The summed E-state index contributed by atoms with van der Waals surface area (Å²) in [6, 6.07) is 0.756. The lowest BCUT2D eigenvalue weighted by atomic mass is 9.65. The predicted octanol–water partition coefficient (Wildman–Crippen LogP) is 3.30. The molecular weight excluding hydrogens is 170 g/mol. The van der Waals surface area contributed by atoms with Gasteiger partial charge in [0.1, 0.15) is 0 Å². The molecule has 2 fully saturated rings. The molecule has 14 heavy (non-hydrogen) atoms. The highest BCUT2D eigenvalue weighted by molar-refractivity contribution is 4.97. The zero-order chi connectivity index (χ0) is 10.2. The molecule has 1 heteroatoms. The van der Waals surface area contributed by atoms with Crippen molar-refractivity contribution >= 4 is 0 Å². The Labute approximate surface area is 88.9 Å². The van der Waals surface area contributed by atoms with Crippen molar-refractivity contribution in [3.05, 3.63) is 0 Å². The SMILES string of the molecule is CC(C)N1CC(C)(C2CCCCC2)C1. The van der Waals surface area contributed by atoms with Crippen LogP contribution in [0, 0.1) is 11.3 Å². The zero-order valence-electron chi connectivity index (χ0n) is 10.1. The van der Waals surface area contributed by atoms with E-state index in [1.165, 1.54) is 45.2 Å². The summed E-state index contributed by atoms with van der Waals surface area (Å²) in [5.74, 6) is 1.03. The van der Waals surface area contributed by atoms with Crippen LogP contribution in [0.5, 0.6) is 0 Å². The molecule has 0 spiro atoms. The smallest absolute Gasteiger partial charge is 0.00532 e. The van der Waals surface area contributed by atoms with Gasteiger partial charge in [-0.05, 0) is 38.0 Å². The molecule has 0 bridgehead atoms. The fraction of sp³-hybridized carbons (Fsp3) is 1.00. The fourth-order valence-corrected chi connectivity index (χ4v) is 3.30. The van der Waals surface area contributed by atoms with E-state index in [1.54, 1.807) is 0 Å². The third kappa shape index (κ3) is 1.84. The second kappa shape index (κ2) is 3.84. The maximum atomic E-state index is 2.62. The molecule has 0 aromatic heterocycles.